The van der Waals surface area contributed by atoms with Gasteiger partial charge >= 0.3 is 5.97 Å². The van der Waals surface area contributed by atoms with E-state index in [2.05, 4.69) is 0 Å². The van der Waals surface area contributed by atoms with Crippen LogP contribution in [0.3, 0.4) is 0 Å². The Kier molecular flexibility index (Phi) is 6.67. The van der Waals surface area contributed by atoms with Crippen molar-refractivity contribution < 1.29 is 28.2 Å². The third-order valence-corrected chi connectivity index (χ3v) is 4.64. The third kappa shape index (κ3) is 4.75. The highest BCUT2D eigenvalue weighted by Gasteiger charge is 2.46. The maximum Gasteiger partial charge on any atom is 0.347 e. The molecular weight excluding hydrogens is 382 g/mol. The van der Waals surface area contributed by atoms with Gasteiger partial charge in [-0.05, 0) is 17.4 Å². The second-order valence-electron chi connectivity index (χ2n) is 8.67. The second kappa shape index (κ2) is 8.49. The Labute approximate surface area is 169 Å². The van der Waals surface area contributed by atoms with Gasteiger partial charge in [0.25, 0.3) is 5.91 Å². The Bertz CT molecular complexity index is 830. The van der Waals surface area contributed by atoms with Gasteiger partial charge in [-0.3, -0.25) is 9.80 Å². The Morgan fingerprint density at radius 3 is 2.45 bits per heavy atom. The number of esters is 1. The van der Waals surface area contributed by atoms with Crippen molar-refractivity contribution in [2.45, 2.75) is 47.2 Å². The molecule has 0 radical (unpaired) electrons. The predicted molar refractivity (Wildman–Crippen MR) is 103 cm³/mol. The van der Waals surface area contributed by atoms with Crippen molar-refractivity contribution in [2.75, 3.05) is 13.7 Å². The Morgan fingerprint density at radius 2 is 1.90 bits per heavy atom. The Balaban J connectivity index is 2.49. The lowest BCUT2D eigenvalue weighted by Crippen LogP contribution is -2.59. The average Bonchev–Trinajstić information content (AvgIpc) is 2.59. The molecule has 0 aromatic heterocycles. The molecule has 1 aromatic carbocycles. The number of carbonyl (C=O) groups excluding carboxylic acids is 2. The second-order valence-corrected chi connectivity index (χ2v) is 8.67. The maximum absolute atomic E-state index is 14.2. The van der Waals surface area contributed by atoms with E-state index >= 15 is 0 Å². The summed E-state index contributed by atoms with van der Waals surface area (Å²) in [5.74, 6) is -4.22. The number of halogens is 2. The first-order valence-corrected chi connectivity index (χ1v) is 9.44. The van der Waals surface area contributed by atoms with Crippen LogP contribution in [-0.4, -0.2) is 46.7 Å². The van der Waals surface area contributed by atoms with E-state index in [9.17, 15) is 23.5 Å². The summed E-state index contributed by atoms with van der Waals surface area (Å²) in [5.41, 5.74) is -1.11. The van der Waals surface area contributed by atoms with Gasteiger partial charge in [-0.1, -0.05) is 46.8 Å². The standard InChI is InChI=1S/C21H28F2N2O4/c1-12(2)11-29-20(28)15-17(26)18(21(3,4)5)24(6)25(19(15)27)10-13-8-7-9-14(22)16(13)23/h7-9,12,18,26H,10-11H2,1-6H3/t18-/m1/s1. The highest BCUT2D eigenvalue weighted by Crippen LogP contribution is 2.35. The number of ether oxygens (including phenoxy) is 1. The molecule has 29 heavy (non-hydrogen) atoms. The molecule has 1 aromatic rings. The quantitative estimate of drug-likeness (QED) is 0.594. The van der Waals surface area contributed by atoms with E-state index in [1.54, 1.807) is 7.05 Å². The van der Waals surface area contributed by atoms with E-state index in [-0.39, 0.29) is 24.6 Å². The smallest absolute Gasteiger partial charge is 0.347 e. The minimum atomic E-state index is -1.07. The molecule has 0 fully saturated rings. The number of carbonyl (C=O) groups is 2. The zero-order chi connectivity index (χ0) is 22.1. The number of nitrogens with zero attached hydrogens (tertiary/aromatic N) is 2. The van der Waals surface area contributed by atoms with Gasteiger partial charge in [-0.25, -0.2) is 18.6 Å². The minimum Gasteiger partial charge on any atom is -0.509 e. The lowest BCUT2D eigenvalue weighted by molar-refractivity contribution is -0.161. The van der Waals surface area contributed by atoms with Crippen molar-refractivity contribution in [3.63, 3.8) is 0 Å². The van der Waals surface area contributed by atoms with Gasteiger partial charge in [-0.2, -0.15) is 0 Å². The number of amides is 1. The van der Waals surface area contributed by atoms with Crippen LogP contribution in [0.2, 0.25) is 0 Å². The minimum absolute atomic E-state index is 0.0407. The topological polar surface area (TPSA) is 70.1 Å². The van der Waals surface area contributed by atoms with Crippen molar-refractivity contribution in [3.8, 4) is 0 Å². The number of aliphatic hydroxyl groups excluding tert-OH is 1. The zero-order valence-electron chi connectivity index (χ0n) is 17.6. The molecule has 1 amide bonds. The molecule has 1 N–H and O–H groups in total. The van der Waals surface area contributed by atoms with Gasteiger partial charge in [-0.15, -0.1) is 0 Å². The largest absolute Gasteiger partial charge is 0.509 e. The molecule has 8 heteroatoms. The molecule has 6 nitrogen and oxygen atoms in total. The average molecular weight is 410 g/mol. The predicted octanol–water partition coefficient (Wildman–Crippen LogP) is 3.58. The van der Waals surface area contributed by atoms with Crippen molar-refractivity contribution in [1.29, 1.82) is 0 Å². The van der Waals surface area contributed by atoms with Crippen molar-refractivity contribution in [1.82, 2.24) is 10.0 Å². The lowest BCUT2D eigenvalue weighted by Gasteiger charge is -2.46. The molecular formula is C21H28F2N2O4. The van der Waals surface area contributed by atoms with Crippen LogP contribution in [0.25, 0.3) is 0 Å². The Hall–Kier alpha value is -2.48. The van der Waals surface area contributed by atoms with Gasteiger partial charge in [0.2, 0.25) is 0 Å². The molecule has 0 unspecified atom stereocenters. The summed E-state index contributed by atoms with van der Waals surface area (Å²) in [6.45, 7) is 8.95. The summed E-state index contributed by atoms with van der Waals surface area (Å²) in [4.78, 5) is 25.6. The molecule has 0 aliphatic carbocycles. The summed E-state index contributed by atoms with van der Waals surface area (Å²) < 4.78 is 33.0. The zero-order valence-corrected chi connectivity index (χ0v) is 17.6. The number of rotatable bonds is 5. The van der Waals surface area contributed by atoms with Crippen LogP contribution in [0.4, 0.5) is 8.78 Å². The van der Waals surface area contributed by atoms with Crippen LogP contribution in [0.15, 0.2) is 29.5 Å². The van der Waals surface area contributed by atoms with Crippen molar-refractivity contribution in [2.24, 2.45) is 11.3 Å². The number of hydrazine groups is 1. The third-order valence-electron chi connectivity index (χ3n) is 4.64. The molecule has 0 bridgehead atoms. The van der Waals surface area contributed by atoms with E-state index in [1.165, 1.54) is 17.1 Å². The number of likely N-dealkylation sites (N-methyl/N-ethyl adjacent to an activating group) is 1. The van der Waals surface area contributed by atoms with Gasteiger partial charge in [0.15, 0.2) is 17.2 Å². The van der Waals surface area contributed by atoms with Gasteiger partial charge in [0, 0.05) is 12.6 Å². The molecule has 1 aliphatic rings. The van der Waals surface area contributed by atoms with E-state index < -0.39 is 46.3 Å². The van der Waals surface area contributed by atoms with E-state index in [4.69, 9.17) is 4.74 Å². The number of hydrogen-bond donors (Lipinski definition) is 1. The monoisotopic (exact) mass is 410 g/mol. The van der Waals surface area contributed by atoms with Crippen LogP contribution in [0.5, 0.6) is 0 Å². The Morgan fingerprint density at radius 1 is 1.28 bits per heavy atom. The van der Waals surface area contributed by atoms with Gasteiger partial charge < -0.3 is 9.84 Å². The number of hydrogen-bond acceptors (Lipinski definition) is 5. The summed E-state index contributed by atoms with van der Waals surface area (Å²) in [7, 11) is 1.55. The van der Waals surface area contributed by atoms with Crippen molar-refractivity contribution in [3.05, 3.63) is 46.7 Å². The summed E-state index contributed by atoms with van der Waals surface area (Å²) in [6, 6.07) is 2.94. The molecule has 2 rings (SSSR count). The van der Waals surface area contributed by atoms with Gasteiger partial charge in [0.1, 0.15) is 5.76 Å². The fourth-order valence-corrected chi connectivity index (χ4v) is 3.33. The molecule has 1 atom stereocenters. The molecule has 0 saturated carbocycles. The molecule has 160 valence electrons. The van der Waals surface area contributed by atoms with Crippen LogP contribution < -0.4 is 0 Å². The van der Waals surface area contributed by atoms with Gasteiger partial charge in [0.05, 0.1) is 19.2 Å². The van der Waals surface area contributed by atoms with E-state index in [0.717, 1.165) is 11.1 Å². The fraction of sp³-hybridized carbons (Fsp3) is 0.524. The fourth-order valence-electron chi connectivity index (χ4n) is 3.33. The SMILES string of the molecule is CC(C)COC(=O)C1=C(O)[C@H](C(C)(C)C)N(C)N(Cc2cccc(F)c2F)C1=O. The van der Waals surface area contributed by atoms with Crippen LogP contribution in [-0.2, 0) is 20.9 Å². The first-order chi connectivity index (χ1) is 13.4. The van der Waals surface area contributed by atoms with E-state index in [1.807, 2.05) is 34.6 Å². The summed E-state index contributed by atoms with van der Waals surface area (Å²) in [5, 5.41) is 13.3. The number of aliphatic hydroxyl groups is 1. The van der Waals surface area contributed by atoms with Crippen molar-refractivity contribution >= 4 is 11.9 Å². The van der Waals surface area contributed by atoms with Crippen LogP contribution in [0, 0.1) is 23.0 Å². The first kappa shape index (κ1) is 22.8. The lowest BCUT2D eigenvalue weighted by atomic mass is 9.82. The summed E-state index contributed by atoms with van der Waals surface area (Å²) >= 11 is 0. The number of benzene rings is 1. The maximum atomic E-state index is 14.2. The highest BCUT2D eigenvalue weighted by atomic mass is 19.2. The molecule has 1 heterocycles. The summed E-state index contributed by atoms with van der Waals surface area (Å²) in [6.07, 6.45) is 0. The molecule has 1 aliphatic heterocycles. The normalized spacial score (nSPS) is 18.6. The van der Waals surface area contributed by atoms with Crippen LogP contribution >= 0.6 is 0 Å². The van der Waals surface area contributed by atoms with E-state index in [0.29, 0.717) is 0 Å². The molecule has 0 saturated heterocycles. The highest BCUT2D eigenvalue weighted by molar-refractivity contribution is 6.17. The molecule has 0 spiro atoms. The first-order valence-electron chi connectivity index (χ1n) is 9.44. The van der Waals surface area contributed by atoms with Crippen LogP contribution in [0.1, 0.15) is 40.2 Å².